The summed E-state index contributed by atoms with van der Waals surface area (Å²) < 4.78 is 5.13. The molecular weight excluding hydrogens is 309 g/mol. The highest BCUT2D eigenvalue weighted by molar-refractivity contribution is 6.38. The minimum absolute atomic E-state index is 0.119. The Morgan fingerprint density at radius 3 is 2.38 bits per heavy atom. The summed E-state index contributed by atoms with van der Waals surface area (Å²) in [4.78, 5) is 13.8. The molecule has 3 rings (SSSR count). The summed E-state index contributed by atoms with van der Waals surface area (Å²) in [6.45, 7) is 0. The van der Waals surface area contributed by atoms with Crippen molar-refractivity contribution in [3.63, 3.8) is 0 Å². The molecule has 108 valence electrons. The Morgan fingerprint density at radius 1 is 1.10 bits per heavy atom. The summed E-state index contributed by atoms with van der Waals surface area (Å²) in [5.41, 5.74) is 1.64. The molecular formula is C16H13Cl2NO2. The molecule has 3 nitrogen and oxygen atoms in total. The van der Waals surface area contributed by atoms with E-state index in [1.165, 1.54) is 0 Å². The Balaban J connectivity index is 1.96. The molecule has 21 heavy (non-hydrogen) atoms. The second-order valence-corrected chi connectivity index (χ2v) is 5.65. The van der Waals surface area contributed by atoms with Gasteiger partial charge in [-0.05, 0) is 35.9 Å². The topological polar surface area (TPSA) is 29.5 Å². The van der Waals surface area contributed by atoms with E-state index in [0.717, 1.165) is 17.0 Å². The first-order valence-electron chi connectivity index (χ1n) is 6.49. The number of anilines is 1. The molecule has 0 N–H and O–H groups in total. The lowest BCUT2D eigenvalue weighted by Crippen LogP contribution is -2.56. The molecule has 1 aliphatic rings. The van der Waals surface area contributed by atoms with E-state index < -0.39 is 5.38 Å². The first-order valence-corrected chi connectivity index (χ1v) is 7.30. The van der Waals surface area contributed by atoms with Crippen molar-refractivity contribution < 1.29 is 9.53 Å². The molecule has 2 aromatic carbocycles. The fourth-order valence-electron chi connectivity index (χ4n) is 2.50. The summed E-state index contributed by atoms with van der Waals surface area (Å²) in [5.74, 6) is 0.621. The highest BCUT2D eigenvalue weighted by Gasteiger charge is 2.48. The number of alkyl halides is 1. The maximum atomic E-state index is 12.1. The molecule has 1 amide bonds. The molecule has 0 radical (unpaired) electrons. The van der Waals surface area contributed by atoms with Crippen LogP contribution in [0.25, 0.3) is 0 Å². The molecule has 0 bridgehead atoms. The number of carbonyl (C=O) groups excluding carboxylic acids is 1. The van der Waals surface area contributed by atoms with Gasteiger partial charge in [-0.1, -0.05) is 29.8 Å². The third-order valence-corrected chi connectivity index (χ3v) is 4.37. The van der Waals surface area contributed by atoms with Gasteiger partial charge < -0.3 is 9.64 Å². The van der Waals surface area contributed by atoms with Gasteiger partial charge in [-0.2, -0.15) is 0 Å². The molecule has 1 heterocycles. The maximum Gasteiger partial charge on any atom is 0.248 e. The standard InChI is InChI=1S/C16H13Cl2NO2/c1-21-11-8-6-10(7-9-11)19-15(14(18)16(19)20)12-4-2-3-5-13(12)17/h2-9,14-15H,1H3/t14-,15+/m1/s1. The van der Waals surface area contributed by atoms with Gasteiger partial charge in [0, 0.05) is 10.7 Å². The number of rotatable bonds is 3. The van der Waals surface area contributed by atoms with Crippen LogP contribution in [-0.4, -0.2) is 18.4 Å². The first kappa shape index (κ1) is 14.2. The second kappa shape index (κ2) is 5.58. The van der Waals surface area contributed by atoms with Crippen molar-refractivity contribution in [3.05, 3.63) is 59.1 Å². The fourth-order valence-corrected chi connectivity index (χ4v) is 3.10. The van der Waals surface area contributed by atoms with Crippen LogP contribution in [0.3, 0.4) is 0 Å². The minimum Gasteiger partial charge on any atom is -0.497 e. The number of hydrogen-bond acceptors (Lipinski definition) is 2. The van der Waals surface area contributed by atoms with E-state index in [2.05, 4.69) is 0 Å². The van der Waals surface area contributed by atoms with E-state index in [-0.39, 0.29) is 11.9 Å². The minimum atomic E-state index is -0.591. The van der Waals surface area contributed by atoms with Crippen molar-refractivity contribution in [2.24, 2.45) is 0 Å². The van der Waals surface area contributed by atoms with Gasteiger partial charge in [-0.3, -0.25) is 4.79 Å². The molecule has 1 fully saturated rings. The number of amides is 1. The molecule has 0 aromatic heterocycles. The van der Waals surface area contributed by atoms with Gasteiger partial charge in [0.15, 0.2) is 0 Å². The van der Waals surface area contributed by atoms with Crippen molar-refractivity contribution in [1.82, 2.24) is 0 Å². The van der Waals surface area contributed by atoms with Crippen LogP contribution in [0.1, 0.15) is 11.6 Å². The zero-order valence-corrected chi connectivity index (χ0v) is 12.8. The Labute approximate surface area is 133 Å². The van der Waals surface area contributed by atoms with Gasteiger partial charge in [-0.25, -0.2) is 0 Å². The molecule has 2 atom stereocenters. The van der Waals surface area contributed by atoms with E-state index in [1.54, 1.807) is 18.1 Å². The number of methoxy groups -OCH3 is 1. The van der Waals surface area contributed by atoms with E-state index >= 15 is 0 Å². The van der Waals surface area contributed by atoms with E-state index in [1.807, 2.05) is 42.5 Å². The van der Waals surface area contributed by atoms with Crippen LogP contribution in [0.5, 0.6) is 5.75 Å². The van der Waals surface area contributed by atoms with E-state index in [4.69, 9.17) is 27.9 Å². The number of β-lactam (4-membered cyclic amide) rings is 1. The van der Waals surface area contributed by atoms with E-state index in [9.17, 15) is 4.79 Å². The molecule has 5 heteroatoms. The van der Waals surface area contributed by atoms with Gasteiger partial charge >= 0.3 is 0 Å². The number of hydrogen-bond donors (Lipinski definition) is 0. The van der Waals surface area contributed by atoms with Crippen LogP contribution in [-0.2, 0) is 4.79 Å². The second-order valence-electron chi connectivity index (χ2n) is 4.77. The van der Waals surface area contributed by atoms with Gasteiger partial charge in [0.1, 0.15) is 11.1 Å². The summed E-state index contributed by atoms with van der Waals surface area (Å²) in [5, 5.41) is 0.0196. The number of carbonyl (C=O) groups is 1. The molecule has 0 saturated carbocycles. The SMILES string of the molecule is COc1ccc(N2C(=O)[C@H](Cl)[C@@H]2c2ccccc2Cl)cc1. The monoisotopic (exact) mass is 321 g/mol. The van der Waals surface area contributed by atoms with Crippen LogP contribution in [0.15, 0.2) is 48.5 Å². The van der Waals surface area contributed by atoms with Crippen LogP contribution in [0.2, 0.25) is 5.02 Å². The Bertz CT molecular complexity index is 672. The van der Waals surface area contributed by atoms with Crippen LogP contribution >= 0.6 is 23.2 Å². The number of nitrogens with zero attached hydrogens (tertiary/aromatic N) is 1. The van der Waals surface area contributed by atoms with Gasteiger partial charge in [0.2, 0.25) is 5.91 Å². The van der Waals surface area contributed by atoms with Crippen molar-refractivity contribution >= 4 is 34.8 Å². The van der Waals surface area contributed by atoms with Gasteiger partial charge in [0.05, 0.1) is 13.2 Å². The summed E-state index contributed by atoms with van der Waals surface area (Å²) >= 11 is 12.4. The third-order valence-electron chi connectivity index (χ3n) is 3.60. The summed E-state index contributed by atoms with van der Waals surface area (Å²) in [7, 11) is 1.60. The lowest BCUT2D eigenvalue weighted by atomic mass is 9.92. The summed E-state index contributed by atoms with van der Waals surface area (Å²) in [6.07, 6.45) is 0. The molecule has 0 unspecified atom stereocenters. The Morgan fingerprint density at radius 2 is 1.76 bits per heavy atom. The predicted octanol–water partition coefficient (Wildman–Crippen LogP) is 4.04. The number of benzene rings is 2. The van der Waals surface area contributed by atoms with Crippen molar-refractivity contribution in [3.8, 4) is 5.75 Å². The lowest BCUT2D eigenvalue weighted by molar-refractivity contribution is -0.123. The zero-order chi connectivity index (χ0) is 15.0. The van der Waals surface area contributed by atoms with Crippen LogP contribution < -0.4 is 9.64 Å². The fraction of sp³-hybridized carbons (Fsp3) is 0.188. The Kier molecular flexibility index (Phi) is 3.79. The highest BCUT2D eigenvalue weighted by atomic mass is 35.5. The van der Waals surface area contributed by atoms with E-state index in [0.29, 0.717) is 5.02 Å². The molecule has 2 aromatic rings. The number of halogens is 2. The average Bonchev–Trinajstić information content (AvgIpc) is 2.53. The molecule has 1 saturated heterocycles. The quantitative estimate of drug-likeness (QED) is 0.630. The molecule has 0 spiro atoms. The highest BCUT2D eigenvalue weighted by Crippen LogP contribution is 2.44. The maximum absolute atomic E-state index is 12.1. The van der Waals surface area contributed by atoms with Crippen LogP contribution in [0.4, 0.5) is 5.69 Å². The largest absolute Gasteiger partial charge is 0.497 e. The van der Waals surface area contributed by atoms with Crippen molar-refractivity contribution in [2.75, 3.05) is 12.0 Å². The van der Waals surface area contributed by atoms with Crippen molar-refractivity contribution in [2.45, 2.75) is 11.4 Å². The van der Waals surface area contributed by atoms with Gasteiger partial charge in [-0.15, -0.1) is 11.6 Å². The Hall–Kier alpha value is -1.71. The summed E-state index contributed by atoms with van der Waals surface area (Å²) in [6, 6.07) is 14.5. The zero-order valence-electron chi connectivity index (χ0n) is 11.3. The first-order chi connectivity index (χ1) is 10.1. The average molecular weight is 322 g/mol. The molecule has 1 aliphatic heterocycles. The van der Waals surface area contributed by atoms with Crippen molar-refractivity contribution in [1.29, 1.82) is 0 Å². The lowest BCUT2D eigenvalue weighted by Gasteiger charge is -2.44. The normalized spacial score (nSPS) is 21.1. The smallest absolute Gasteiger partial charge is 0.248 e. The molecule has 0 aliphatic carbocycles. The van der Waals surface area contributed by atoms with Gasteiger partial charge in [0.25, 0.3) is 0 Å². The number of ether oxygens (including phenoxy) is 1. The third kappa shape index (κ3) is 2.37. The van der Waals surface area contributed by atoms with Crippen LogP contribution in [0, 0.1) is 0 Å². The predicted molar refractivity (Wildman–Crippen MR) is 84.3 cm³/mol.